The van der Waals surface area contributed by atoms with Gasteiger partial charge in [-0.1, -0.05) is 12.2 Å². The molecule has 0 aromatic carbocycles. The highest BCUT2D eigenvalue weighted by atomic mass is 32.1. The molecule has 1 aliphatic rings. The number of carboxylic acid groups (broad SMARTS) is 1. The zero-order valence-electron chi connectivity index (χ0n) is 12.9. The molecular weight excluding hydrogens is 300 g/mol. The van der Waals surface area contributed by atoms with Crippen molar-refractivity contribution in [3.8, 4) is 0 Å². The van der Waals surface area contributed by atoms with Crippen molar-refractivity contribution in [2.75, 3.05) is 18.0 Å². The highest BCUT2D eigenvalue weighted by Crippen LogP contribution is 2.40. The number of aryl methyl sites for hydroxylation is 1. The van der Waals surface area contributed by atoms with E-state index in [0.29, 0.717) is 18.7 Å². The molecule has 2 rings (SSSR count). The molecule has 1 aromatic heterocycles. The van der Waals surface area contributed by atoms with E-state index in [1.54, 1.807) is 11.3 Å². The van der Waals surface area contributed by atoms with Crippen molar-refractivity contribution in [1.82, 2.24) is 0 Å². The number of rotatable bonds is 7. The van der Waals surface area contributed by atoms with E-state index in [2.05, 4.69) is 6.58 Å². The van der Waals surface area contributed by atoms with E-state index in [9.17, 15) is 9.59 Å². The lowest BCUT2D eigenvalue weighted by atomic mass is 9.95. The molecule has 1 aromatic rings. The monoisotopic (exact) mass is 322 g/mol. The van der Waals surface area contributed by atoms with E-state index in [0.717, 1.165) is 41.8 Å². The van der Waals surface area contributed by atoms with Crippen LogP contribution in [-0.2, 0) is 17.6 Å². The maximum Gasteiger partial charge on any atom is 0.305 e. The molecule has 0 radical (unpaired) electrons. The minimum atomic E-state index is -0.853. The fraction of sp³-hybridized carbons (Fsp3) is 0.500. The average Bonchev–Trinajstić information content (AvgIpc) is 2.82. The predicted molar refractivity (Wildman–Crippen MR) is 88.8 cm³/mol. The number of anilines is 1. The molecule has 22 heavy (non-hydrogen) atoms. The average molecular weight is 322 g/mol. The van der Waals surface area contributed by atoms with Crippen molar-refractivity contribution < 1.29 is 14.7 Å². The van der Waals surface area contributed by atoms with Crippen LogP contribution in [-0.4, -0.2) is 30.1 Å². The topological polar surface area (TPSA) is 83.6 Å². The summed E-state index contributed by atoms with van der Waals surface area (Å²) in [5.74, 6) is -1.27. The third kappa shape index (κ3) is 3.68. The van der Waals surface area contributed by atoms with E-state index in [1.165, 1.54) is 4.88 Å². The number of primary amides is 1. The van der Waals surface area contributed by atoms with Crippen LogP contribution in [0.15, 0.2) is 12.2 Å². The van der Waals surface area contributed by atoms with Gasteiger partial charge in [-0.3, -0.25) is 9.59 Å². The number of aliphatic carboxylic acids is 1. The second kappa shape index (κ2) is 6.96. The summed E-state index contributed by atoms with van der Waals surface area (Å²) in [7, 11) is 0. The van der Waals surface area contributed by atoms with Crippen molar-refractivity contribution in [1.29, 1.82) is 0 Å². The summed E-state index contributed by atoms with van der Waals surface area (Å²) < 4.78 is 0. The van der Waals surface area contributed by atoms with Crippen LogP contribution in [0.5, 0.6) is 0 Å². The van der Waals surface area contributed by atoms with Gasteiger partial charge in [-0.25, -0.2) is 0 Å². The summed E-state index contributed by atoms with van der Waals surface area (Å²) >= 11 is 1.58. The minimum absolute atomic E-state index is 0.0219. The predicted octanol–water partition coefficient (Wildman–Crippen LogP) is 2.58. The van der Waals surface area contributed by atoms with Gasteiger partial charge in [0.25, 0.3) is 5.91 Å². The molecule has 3 N–H and O–H groups in total. The lowest BCUT2D eigenvalue weighted by Gasteiger charge is -2.24. The Kier molecular flexibility index (Phi) is 5.24. The Hall–Kier alpha value is -1.82. The van der Waals surface area contributed by atoms with Crippen molar-refractivity contribution in [3.05, 3.63) is 28.2 Å². The third-order valence-corrected chi connectivity index (χ3v) is 5.10. The highest BCUT2D eigenvalue weighted by Gasteiger charge is 2.27. The highest BCUT2D eigenvalue weighted by molar-refractivity contribution is 7.16. The fourth-order valence-corrected chi connectivity index (χ4v) is 4.26. The van der Waals surface area contributed by atoms with Crippen LogP contribution in [0, 0.1) is 0 Å². The van der Waals surface area contributed by atoms with Crippen LogP contribution >= 0.6 is 11.3 Å². The van der Waals surface area contributed by atoms with Gasteiger partial charge in [0.05, 0.1) is 12.0 Å². The minimum Gasteiger partial charge on any atom is -0.481 e. The van der Waals surface area contributed by atoms with E-state index < -0.39 is 11.9 Å². The Balaban J connectivity index is 2.40. The Morgan fingerprint density at radius 2 is 2.05 bits per heavy atom. The quantitative estimate of drug-likeness (QED) is 0.756. The van der Waals surface area contributed by atoms with Crippen LogP contribution in [0.2, 0.25) is 0 Å². The smallest absolute Gasteiger partial charge is 0.305 e. The number of carboxylic acids is 1. The number of nitrogens with two attached hydrogens (primary N) is 1. The van der Waals surface area contributed by atoms with Crippen LogP contribution in [0.25, 0.3) is 0 Å². The van der Waals surface area contributed by atoms with Gasteiger partial charge in [0.2, 0.25) is 0 Å². The Bertz CT molecular complexity index is 607. The molecule has 5 nitrogen and oxygen atoms in total. The summed E-state index contributed by atoms with van der Waals surface area (Å²) in [5.41, 5.74) is 8.19. The first kappa shape index (κ1) is 16.5. The van der Waals surface area contributed by atoms with E-state index >= 15 is 0 Å². The molecule has 0 bridgehead atoms. The van der Waals surface area contributed by atoms with Gasteiger partial charge in [-0.05, 0) is 38.2 Å². The van der Waals surface area contributed by atoms with E-state index in [-0.39, 0.29) is 6.42 Å². The number of hydrogen-bond donors (Lipinski definition) is 2. The number of thiophene rings is 1. The first-order valence-corrected chi connectivity index (χ1v) is 8.27. The summed E-state index contributed by atoms with van der Waals surface area (Å²) in [6.45, 7) is 6.68. The van der Waals surface area contributed by atoms with Gasteiger partial charge in [0, 0.05) is 18.0 Å². The number of hydrogen-bond acceptors (Lipinski definition) is 4. The molecule has 0 unspecified atom stereocenters. The van der Waals surface area contributed by atoms with Gasteiger partial charge in [0.15, 0.2) is 0 Å². The molecule has 120 valence electrons. The zero-order chi connectivity index (χ0) is 16.3. The second-order valence-electron chi connectivity index (χ2n) is 5.78. The van der Waals surface area contributed by atoms with Gasteiger partial charge < -0.3 is 15.7 Å². The molecule has 1 heterocycles. The van der Waals surface area contributed by atoms with Gasteiger partial charge in [-0.2, -0.15) is 0 Å². The van der Waals surface area contributed by atoms with Gasteiger partial charge in [0.1, 0.15) is 5.00 Å². The Labute approximate surface area is 134 Å². The summed E-state index contributed by atoms with van der Waals surface area (Å²) in [5, 5.41) is 9.76. The molecule has 6 heteroatoms. The maximum absolute atomic E-state index is 11.9. The SMILES string of the molecule is C=C(C)CN(CCC(=O)O)c1sc2c(c1C(N)=O)CCCC2. The largest absolute Gasteiger partial charge is 0.481 e. The first-order valence-electron chi connectivity index (χ1n) is 7.45. The molecule has 0 saturated heterocycles. The molecule has 0 spiro atoms. The second-order valence-corrected chi connectivity index (χ2v) is 6.86. The Morgan fingerprint density at radius 3 is 2.64 bits per heavy atom. The molecule has 1 amide bonds. The normalized spacial score (nSPS) is 13.5. The summed E-state index contributed by atoms with van der Waals surface area (Å²) in [6, 6.07) is 0. The van der Waals surface area contributed by atoms with Crippen molar-refractivity contribution in [2.45, 2.75) is 39.0 Å². The van der Waals surface area contributed by atoms with Gasteiger partial charge >= 0.3 is 5.97 Å². The van der Waals surface area contributed by atoms with Gasteiger partial charge in [-0.15, -0.1) is 11.3 Å². The van der Waals surface area contributed by atoms with Crippen molar-refractivity contribution in [2.24, 2.45) is 5.73 Å². The van der Waals surface area contributed by atoms with Crippen molar-refractivity contribution in [3.63, 3.8) is 0 Å². The molecule has 0 fully saturated rings. The van der Waals surface area contributed by atoms with E-state index in [1.807, 2.05) is 11.8 Å². The number of nitrogens with zero attached hydrogens (tertiary/aromatic N) is 1. The summed E-state index contributed by atoms with van der Waals surface area (Å²) in [6.07, 6.45) is 4.07. The first-order chi connectivity index (χ1) is 10.4. The number of amides is 1. The van der Waals surface area contributed by atoms with Crippen LogP contribution in [0.1, 0.15) is 47.0 Å². The standard InChI is InChI=1S/C16H22N2O3S/c1-10(2)9-18(8-7-13(19)20)16-14(15(17)21)11-5-3-4-6-12(11)22-16/h1,3-9H2,2H3,(H2,17,21)(H,19,20). The Morgan fingerprint density at radius 1 is 1.36 bits per heavy atom. The molecule has 1 aliphatic carbocycles. The third-order valence-electron chi connectivity index (χ3n) is 3.74. The fourth-order valence-electron chi connectivity index (χ4n) is 2.84. The number of carbonyl (C=O) groups excluding carboxylic acids is 1. The van der Waals surface area contributed by atoms with Crippen LogP contribution < -0.4 is 10.6 Å². The number of carbonyl (C=O) groups is 2. The van der Waals surface area contributed by atoms with Crippen LogP contribution in [0.3, 0.4) is 0 Å². The van der Waals surface area contributed by atoms with Crippen molar-refractivity contribution >= 4 is 28.2 Å². The molecular formula is C16H22N2O3S. The molecule has 0 atom stereocenters. The molecule has 0 aliphatic heterocycles. The van der Waals surface area contributed by atoms with Crippen LogP contribution in [0.4, 0.5) is 5.00 Å². The summed E-state index contributed by atoms with van der Waals surface area (Å²) in [4.78, 5) is 26.0. The maximum atomic E-state index is 11.9. The zero-order valence-corrected chi connectivity index (χ0v) is 13.7. The number of fused-ring (bicyclic) bond motifs is 1. The lowest BCUT2D eigenvalue weighted by Crippen LogP contribution is -2.29. The molecule has 0 saturated carbocycles. The van der Waals surface area contributed by atoms with E-state index in [4.69, 9.17) is 10.8 Å². The lowest BCUT2D eigenvalue weighted by molar-refractivity contribution is -0.136.